The van der Waals surface area contributed by atoms with Gasteiger partial charge in [-0.2, -0.15) is 0 Å². The van der Waals surface area contributed by atoms with Crippen LogP contribution in [-0.4, -0.2) is 75.5 Å². The summed E-state index contributed by atoms with van der Waals surface area (Å²) in [5.74, 6) is -1.86. The summed E-state index contributed by atoms with van der Waals surface area (Å²) in [7, 11) is 5.38. The van der Waals surface area contributed by atoms with Crippen LogP contribution in [0.4, 0.5) is 0 Å². The van der Waals surface area contributed by atoms with E-state index in [2.05, 4.69) is 98.9 Å². The van der Waals surface area contributed by atoms with E-state index in [-0.39, 0.29) is 43.1 Å². The minimum atomic E-state index is -1.14. The third-order valence-corrected chi connectivity index (χ3v) is 10.7. The Morgan fingerprint density at radius 3 is 1.36 bits per heavy atom. The second-order valence-corrected chi connectivity index (χ2v) is 17.7. The molecule has 0 aliphatic heterocycles. The second kappa shape index (κ2) is 45.8. The van der Waals surface area contributed by atoms with Gasteiger partial charge in [0.05, 0.1) is 40.3 Å². The van der Waals surface area contributed by atoms with E-state index in [0.29, 0.717) is 12.8 Å². The van der Waals surface area contributed by atoms with E-state index in [1.165, 1.54) is 83.5 Å². The van der Waals surface area contributed by atoms with Crippen molar-refractivity contribution in [3.63, 3.8) is 0 Å². The van der Waals surface area contributed by atoms with Crippen LogP contribution < -0.4 is 5.11 Å². The van der Waals surface area contributed by atoms with Crippen molar-refractivity contribution in [2.75, 3.05) is 41.0 Å². The molecule has 0 amide bonds. The Morgan fingerprint density at radius 1 is 0.484 bits per heavy atom. The van der Waals surface area contributed by atoms with Gasteiger partial charge in [-0.25, -0.2) is 0 Å². The summed E-state index contributed by atoms with van der Waals surface area (Å²) < 4.78 is 17.1. The topological polar surface area (TPSA) is 102 Å². The van der Waals surface area contributed by atoms with Crippen molar-refractivity contribution in [3.05, 3.63) is 97.2 Å². The number of carbonyl (C=O) groups is 3. The minimum absolute atomic E-state index is 0.00347. The molecule has 64 heavy (non-hydrogen) atoms. The molecule has 0 saturated carbocycles. The molecule has 0 aromatic heterocycles. The van der Waals surface area contributed by atoms with E-state index in [1.807, 2.05) is 12.2 Å². The SMILES string of the molecule is CC/C=C\C/C=C\C/C=C\C/C=C\C/C=C\C/C=C\CCC(=O)OC(COCCC(C(=O)[O-])[N+](C)(C)C)COC(=O)CCCCCCCCCCC/C=C\C/C=C\CCCCCCC. The molecule has 0 radical (unpaired) electrons. The Balaban J connectivity index is 4.39. The largest absolute Gasteiger partial charge is 0.544 e. The van der Waals surface area contributed by atoms with E-state index >= 15 is 0 Å². The number of aliphatic carboxylic acids is 1. The van der Waals surface area contributed by atoms with Crippen molar-refractivity contribution in [1.82, 2.24) is 0 Å². The molecule has 2 atom stereocenters. The molecule has 0 heterocycles. The zero-order valence-corrected chi connectivity index (χ0v) is 41.4. The van der Waals surface area contributed by atoms with E-state index in [9.17, 15) is 19.5 Å². The first-order chi connectivity index (χ1) is 31.1. The van der Waals surface area contributed by atoms with Crippen LogP contribution in [0.3, 0.4) is 0 Å². The van der Waals surface area contributed by atoms with E-state index < -0.39 is 24.1 Å². The lowest BCUT2D eigenvalue weighted by molar-refractivity contribution is -0.889. The molecule has 364 valence electrons. The number of carboxylic acids is 1. The third kappa shape index (κ3) is 43.5. The Hall–Kier alpha value is -3.75. The summed E-state index contributed by atoms with van der Waals surface area (Å²) in [5, 5.41) is 11.7. The molecule has 0 spiro atoms. The Kier molecular flexibility index (Phi) is 43.1. The molecule has 0 aromatic carbocycles. The van der Waals surface area contributed by atoms with Crippen LogP contribution in [-0.2, 0) is 28.6 Å². The summed E-state index contributed by atoms with van der Waals surface area (Å²) in [6, 6.07) is -0.745. The number of nitrogens with zero attached hydrogens (tertiary/aromatic N) is 1. The predicted molar refractivity (Wildman–Crippen MR) is 268 cm³/mol. The predicted octanol–water partition coefficient (Wildman–Crippen LogP) is 13.3. The molecule has 0 aliphatic rings. The fraction of sp³-hybridized carbons (Fsp3) is 0.661. The van der Waals surface area contributed by atoms with Crippen molar-refractivity contribution < 1.29 is 38.2 Å². The number of allylic oxidation sites excluding steroid dienone is 16. The number of esters is 2. The number of carbonyl (C=O) groups excluding carboxylic acids is 3. The quantitative estimate of drug-likeness (QED) is 0.0260. The Morgan fingerprint density at radius 2 is 0.906 bits per heavy atom. The van der Waals surface area contributed by atoms with Gasteiger partial charge >= 0.3 is 11.9 Å². The second-order valence-electron chi connectivity index (χ2n) is 17.7. The number of carboxylic acid groups (broad SMARTS) is 1. The zero-order chi connectivity index (χ0) is 47.0. The molecular weight excluding hydrogens is 799 g/mol. The number of ether oxygens (including phenoxy) is 3. The molecule has 0 aliphatic carbocycles. The number of quaternary nitrogens is 1. The van der Waals surface area contributed by atoms with Gasteiger partial charge in [-0.05, 0) is 83.5 Å². The van der Waals surface area contributed by atoms with Crippen molar-refractivity contribution in [2.24, 2.45) is 0 Å². The highest BCUT2D eigenvalue weighted by Crippen LogP contribution is 2.13. The highest BCUT2D eigenvalue weighted by Gasteiger charge is 2.25. The lowest BCUT2D eigenvalue weighted by Gasteiger charge is -2.34. The molecule has 2 unspecified atom stereocenters. The van der Waals surface area contributed by atoms with Gasteiger partial charge in [-0.1, -0.05) is 182 Å². The number of hydrogen-bond acceptors (Lipinski definition) is 7. The van der Waals surface area contributed by atoms with Crippen LogP contribution in [0.25, 0.3) is 0 Å². The fourth-order valence-corrected chi connectivity index (χ4v) is 6.83. The number of unbranched alkanes of at least 4 members (excludes halogenated alkanes) is 14. The lowest BCUT2D eigenvalue weighted by atomic mass is 10.1. The van der Waals surface area contributed by atoms with Crippen LogP contribution in [0.2, 0.25) is 0 Å². The average Bonchev–Trinajstić information content (AvgIpc) is 3.26. The van der Waals surface area contributed by atoms with Gasteiger partial charge in [0.15, 0.2) is 6.10 Å². The van der Waals surface area contributed by atoms with Crippen molar-refractivity contribution >= 4 is 17.9 Å². The summed E-state index contributed by atoms with van der Waals surface area (Å²) in [6.45, 7) is 4.45. The number of rotatable bonds is 44. The Bertz CT molecular complexity index is 1360. The molecule has 8 heteroatoms. The van der Waals surface area contributed by atoms with Crippen LogP contribution >= 0.6 is 0 Å². The average molecular weight is 892 g/mol. The van der Waals surface area contributed by atoms with Gasteiger partial charge in [-0.3, -0.25) is 9.59 Å². The molecule has 0 saturated heterocycles. The molecule has 0 bridgehead atoms. The van der Waals surface area contributed by atoms with Gasteiger partial charge in [0, 0.05) is 19.3 Å². The number of hydrogen-bond donors (Lipinski definition) is 0. The summed E-state index contributed by atoms with van der Waals surface area (Å²) in [6.07, 6.45) is 61.7. The van der Waals surface area contributed by atoms with Gasteiger partial charge < -0.3 is 28.6 Å². The van der Waals surface area contributed by atoms with E-state index in [4.69, 9.17) is 14.2 Å². The smallest absolute Gasteiger partial charge is 0.306 e. The monoisotopic (exact) mass is 892 g/mol. The van der Waals surface area contributed by atoms with E-state index in [1.54, 1.807) is 21.1 Å². The van der Waals surface area contributed by atoms with Crippen molar-refractivity contribution in [1.29, 1.82) is 0 Å². The molecule has 0 aromatic rings. The van der Waals surface area contributed by atoms with Crippen LogP contribution in [0, 0.1) is 0 Å². The first-order valence-electron chi connectivity index (χ1n) is 25.3. The van der Waals surface area contributed by atoms with Gasteiger partial charge in [0.2, 0.25) is 0 Å². The maximum atomic E-state index is 12.7. The zero-order valence-electron chi connectivity index (χ0n) is 41.4. The first kappa shape index (κ1) is 60.2. The fourth-order valence-electron chi connectivity index (χ4n) is 6.83. The van der Waals surface area contributed by atoms with Crippen LogP contribution in [0.1, 0.15) is 187 Å². The maximum absolute atomic E-state index is 12.7. The van der Waals surface area contributed by atoms with Crippen LogP contribution in [0.15, 0.2) is 97.2 Å². The first-order valence-corrected chi connectivity index (χ1v) is 25.3. The third-order valence-electron chi connectivity index (χ3n) is 10.7. The standard InChI is InChI=1S/C56H93NO7/c1-6-8-10-12-14-16-18-20-22-24-26-27-29-30-32-34-36-38-40-42-44-46-54(58)63-51-52(50-62-49-48-53(56(60)61)57(3,4)5)64-55(59)47-45-43-41-39-37-35-33-31-28-25-23-21-19-17-15-13-11-9-7-2/h9,11,15,17-18,20-21,23-24,26,28,31,35,37,41,43,52-53H,6-8,10,12-14,16,19,22,25,27,29-30,32-34,36,38-40,42,44-51H2,1-5H3/b11-9-,17-15-,20-18-,23-21-,26-24-,31-28-,37-35-,43-41-. The summed E-state index contributed by atoms with van der Waals surface area (Å²) in [5.41, 5.74) is 0. The highest BCUT2D eigenvalue weighted by atomic mass is 16.6. The number of likely N-dealkylation sites (N-methyl/N-ethyl adjacent to an activating group) is 1. The van der Waals surface area contributed by atoms with Gasteiger partial charge in [0.1, 0.15) is 12.6 Å². The molecular formula is C56H93NO7. The van der Waals surface area contributed by atoms with Gasteiger partial charge in [0.25, 0.3) is 0 Å². The van der Waals surface area contributed by atoms with Crippen LogP contribution in [0.5, 0.6) is 0 Å². The Labute approximate surface area is 392 Å². The lowest BCUT2D eigenvalue weighted by Crippen LogP contribution is -2.55. The minimum Gasteiger partial charge on any atom is -0.544 e. The van der Waals surface area contributed by atoms with Crippen molar-refractivity contribution in [2.45, 2.75) is 199 Å². The highest BCUT2D eigenvalue weighted by molar-refractivity contribution is 5.70. The maximum Gasteiger partial charge on any atom is 0.306 e. The summed E-state index contributed by atoms with van der Waals surface area (Å²) in [4.78, 5) is 37.0. The molecule has 0 N–H and O–H groups in total. The summed E-state index contributed by atoms with van der Waals surface area (Å²) >= 11 is 0. The molecule has 8 nitrogen and oxygen atoms in total. The molecule has 0 rings (SSSR count). The normalized spacial score (nSPS) is 13.7. The molecule has 0 fully saturated rings. The van der Waals surface area contributed by atoms with E-state index in [0.717, 1.165) is 64.2 Å². The van der Waals surface area contributed by atoms with Gasteiger partial charge in [-0.15, -0.1) is 0 Å². The van der Waals surface area contributed by atoms with Crippen molar-refractivity contribution in [3.8, 4) is 0 Å².